The maximum atomic E-state index is 4.15. The third kappa shape index (κ3) is 3.38. The first kappa shape index (κ1) is 12.3. The van der Waals surface area contributed by atoms with Crippen molar-refractivity contribution in [1.82, 2.24) is 10.3 Å². The first-order valence-corrected chi connectivity index (χ1v) is 6.79. The molecule has 0 radical (unpaired) electrons. The second-order valence-electron chi connectivity index (χ2n) is 4.13. The average molecular weight is 246 g/mol. The Morgan fingerprint density at radius 3 is 2.71 bits per heavy atom. The van der Waals surface area contributed by atoms with E-state index in [0.29, 0.717) is 0 Å². The number of rotatable bonds is 5. The predicted octanol–water partition coefficient (Wildman–Crippen LogP) is 3.30. The Balaban J connectivity index is 1.85. The zero-order chi connectivity index (χ0) is 12.1. The third-order valence-corrected chi connectivity index (χ3v) is 4.06. The lowest BCUT2D eigenvalue weighted by molar-refractivity contribution is 0.696. The molecule has 0 saturated heterocycles. The van der Waals surface area contributed by atoms with E-state index in [1.807, 2.05) is 23.7 Å². The molecule has 0 fully saturated rings. The Bertz CT molecular complexity index is 477. The first-order chi connectivity index (χ1) is 8.29. The van der Waals surface area contributed by atoms with E-state index in [2.05, 4.69) is 42.3 Å². The van der Waals surface area contributed by atoms with Gasteiger partial charge in [-0.1, -0.05) is 6.92 Å². The molecule has 2 aromatic heterocycles. The summed E-state index contributed by atoms with van der Waals surface area (Å²) >= 11 is 1.89. The molecule has 2 rings (SSSR count). The number of nitrogens with one attached hydrogen (secondary N) is 1. The van der Waals surface area contributed by atoms with Gasteiger partial charge in [-0.2, -0.15) is 0 Å². The quantitative estimate of drug-likeness (QED) is 0.875. The Kier molecular flexibility index (Phi) is 4.29. The van der Waals surface area contributed by atoms with Crippen LogP contribution in [0.1, 0.15) is 27.8 Å². The molecule has 1 N–H and O–H groups in total. The minimum Gasteiger partial charge on any atom is -0.308 e. The summed E-state index contributed by atoms with van der Waals surface area (Å²) in [6, 6.07) is 6.49. The van der Waals surface area contributed by atoms with Crippen molar-refractivity contribution in [3.8, 4) is 0 Å². The van der Waals surface area contributed by atoms with Gasteiger partial charge in [0.1, 0.15) is 0 Å². The molecule has 0 aromatic carbocycles. The highest BCUT2D eigenvalue weighted by Gasteiger charge is 2.00. The molecule has 0 spiro atoms. The lowest BCUT2D eigenvalue weighted by Crippen LogP contribution is -2.12. The van der Waals surface area contributed by atoms with E-state index >= 15 is 0 Å². The van der Waals surface area contributed by atoms with E-state index in [-0.39, 0.29) is 0 Å². The highest BCUT2D eigenvalue weighted by Crippen LogP contribution is 2.16. The van der Waals surface area contributed by atoms with Gasteiger partial charge in [-0.25, -0.2) is 0 Å². The summed E-state index contributed by atoms with van der Waals surface area (Å²) in [6.07, 6.45) is 4.91. The summed E-state index contributed by atoms with van der Waals surface area (Å²) in [6.45, 7) is 6.15. The SMILES string of the molecule is CCc1ccc(CNCc2cnccc2C)s1. The molecule has 2 heterocycles. The largest absolute Gasteiger partial charge is 0.308 e. The van der Waals surface area contributed by atoms with Gasteiger partial charge in [0.15, 0.2) is 0 Å². The first-order valence-electron chi connectivity index (χ1n) is 5.97. The molecule has 0 atom stereocenters. The Morgan fingerprint density at radius 1 is 1.18 bits per heavy atom. The van der Waals surface area contributed by atoms with Gasteiger partial charge in [-0.3, -0.25) is 4.98 Å². The lowest BCUT2D eigenvalue weighted by atomic mass is 10.1. The molecule has 0 amide bonds. The number of hydrogen-bond donors (Lipinski definition) is 1. The maximum absolute atomic E-state index is 4.15. The summed E-state index contributed by atoms with van der Waals surface area (Å²) in [7, 11) is 0. The number of pyridine rings is 1. The molecule has 0 saturated carbocycles. The fraction of sp³-hybridized carbons (Fsp3) is 0.357. The monoisotopic (exact) mass is 246 g/mol. The van der Waals surface area contributed by atoms with E-state index in [9.17, 15) is 0 Å². The predicted molar refractivity (Wildman–Crippen MR) is 73.2 cm³/mol. The normalized spacial score (nSPS) is 10.7. The summed E-state index contributed by atoms with van der Waals surface area (Å²) in [5.41, 5.74) is 2.58. The molecular weight excluding hydrogens is 228 g/mol. The number of aromatic nitrogens is 1. The number of thiophene rings is 1. The van der Waals surface area contributed by atoms with Crippen molar-refractivity contribution < 1.29 is 0 Å². The minimum absolute atomic E-state index is 0.888. The Hall–Kier alpha value is -1.19. The third-order valence-electron chi connectivity index (χ3n) is 2.83. The van der Waals surface area contributed by atoms with Crippen molar-refractivity contribution in [3.63, 3.8) is 0 Å². The van der Waals surface area contributed by atoms with Gasteiger partial charge >= 0.3 is 0 Å². The molecule has 0 aliphatic rings. The summed E-state index contributed by atoms with van der Waals surface area (Å²) in [5.74, 6) is 0. The van der Waals surface area contributed by atoms with Crippen LogP contribution in [0.15, 0.2) is 30.6 Å². The molecule has 0 aliphatic carbocycles. The smallest absolute Gasteiger partial charge is 0.0315 e. The highest BCUT2D eigenvalue weighted by atomic mass is 32.1. The van der Waals surface area contributed by atoms with Crippen molar-refractivity contribution in [2.24, 2.45) is 0 Å². The van der Waals surface area contributed by atoms with Gasteiger partial charge < -0.3 is 5.32 Å². The maximum Gasteiger partial charge on any atom is 0.0315 e. The van der Waals surface area contributed by atoms with Gasteiger partial charge in [0, 0.05) is 35.2 Å². The van der Waals surface area contributed by atoms with Gasteiger partial charge in [0.2, 0.25) is 0 Å². The van der Waals surface area contributed by atoms with E-state index in [1.54, 1.807) is 0 Å². The summed E-state index contributed by atoms with van der Waals surface area (Å²) in [5, 5.41) is 3.47. The van der Waals surface area contributed by atoms with Crippen LogP contribution in [0.5, 0.6) is 0 Å². The topological polar surface area (TPSA) is 24.9 Å². The van der Waals surface area contributed by atoms with E-state index in [0.717, 1.165) is 19.5 Å². The van der Waals surface area contributed by atoms with Gasteiger partial charge in [0.05, 0.1) is 0 Å². The number of hydrogen-bond acceptors (Lipinski definition) is 3. The van der Waals surface area contributed by atoms with Crippen LogP contribution in [0.3, 0.4) is 0 Å². The summed E-state index contributed by atoms with van der Waals surface area (Å²) < 4.78 is 0. The fourth-order valence-electron chi connectivity index (χ4n) is 1.71. The van der Waals surface area contributed by atoms with E-state index < -0.39 is 0 Å². The van der Waals surface area contributed by atoms with Crippen molar-refractivity contribution in [3.05, 3.63) is 51.5 Å². The van der Waals surface area contributed by atoms with Gasteiger partial charge in [-0.15, -0.1) is 11.3 Å². The van der Waals surface area contributed by atoms with Gasteiger partial charge in [0.25, 0.3) is 0 Å². The molecule has 0 aliphatic heterocycles. The van der Waals surface area contributed by atoms with Crippen LogP contribution in [0, 0.1) is 6.92 Å². The second kappa shape index (κ2) is 5.94. The van der Waals surface area contributed by atoms with Crippen LogP contribution in [-0.2, 0) is 19.5 Å². The van der Waals surface area contributed by atoms with Crippen LogP contribution in [0.25, 0.3) is 0 Å². The molecule has 2 nitrogen and oxygen atoms in total. The summed E-state index contributed by atoms with van der Waals surface area (Å²) in [4.78, 5) is 7.01. The van der Waals surface area contributed by atoms with Gasteiger partial charge in [-0.05, 0) is 42.7 Å². The highest BCUT2D eigenvalue weighted by molar-refractivity contribution is 7.11. The lowest BCUT2D eigenvalue weighted by Gasteiger charge is -2.05. The van der Waals surface area contributed by atoms with Crippen LogP contribution >= 0.6 is 11.3 Å². The number of aryl methyl sites for hydroxylation is 2. The average Bonchev–Trinajstić information content (AvgIpc) is 2.80. The van der Waals surface area contributed by atoms with Crippen molar-refractivity contribution in [2.75, 3.05) is 0 Å². The van der Waals surface area contributed by atoms with E-state index in [4.69, 9.17) is 0 Å². The second-order valence-corrected chi connectivity index (χ2v) is 5.38. The molecular formula is C14H18N2S. The zero-order valence-electron chi connectivity index (χ0n) is 10.4. The minimum atomic E-state index is 0.888. The van der Waals surface area contributed by atoms with Crippen LogP contribution < -0.4 is 5.32 Å². The fourth-order valence-corrected chi connectivity index (χ4v) is 2.64. The molecule has 17 heavy (non-hydrogen) atoms. The molecule has 3 heteroatoms. The molecule has 0 bridgehead atoms. The number of nitrogens with zero attached hydrogens (tertiary/aromatic N) is 1. The van der Waals surface area contributed by atoms with Crippen molar-refractivity contribution >= 4 is 11.3 Å². The van der Waals surface area contributed by atoms with Crippen LogP contribution in [0.4, 0.5) is 0 Å². The van der Waals surface area contributed by atoms with Crippen LogP contribution in [-0.4, -0.2) is 4.98 Å². The van der Waals surface area contributed by atoms with E-state index in [1.165, 1.54) is 20.9 Å². The van der Waals surface area contributed by atoms with Crippen molar-refractivity contribution in [2.45, 2.75) is 33.4 Å². The van der Waals surface area contributed by atoms with Crippen LogP contribution in [0.2, 0.25) is 0 Å². The van der Waals surface area contributed by atoms with Crippen molar-refractivity contribution in [1.29, 1.82) is 0 Å². The molecule has 0 unspecified atom stereocenters. The molecule has 90 valence electrons. The zero-order valence-corrected chi connectivity index (χ0v) is 11.2. The Morgan fingerprint density at radius 2 is 2.00 bits per heavy atom. The standard InChI is InChI=1S/C14H18N2S/c1-3-13-4-5-14(17-13)10-16-9-12-8-15-7-6-11(12)2/h4-8,16H,3,9-10H2,1-2H3. The molecule has 2 aromatic rings. The Labute approximate surface area is 107 Å².